The lowest BCUT2D eigenvalue weighted by Gasteiger charge is -2.34. The fourth-order valence-electron chi connectivity index (χ4n) is 2.61. The van der Waals surface area contributed by atoms with E-state index in [4.69, 9.17) is 5.11 Å². The molecular formula is C15H19FN2O3. The first-order chi connectivity index (χ1) is 9.99. The van der Waals surface area contributed by atoms with Gasteiger partial charge >= 0.3 is 12.0 Å². The zero-order chi connectivity index (χ0) is 15.4. The van der Waals surface area contributed by atoms with Crippen LogP contribution in [0.15, 0.2) is 24.3 Å². The van der Waals surface area contributed by atoms with Crippen LogP contribution in [0.3, 0.4) is 0 Å². The molecule has 2 rings (SSSR count). The molecule has 0 saturated carbocycles. The van der Waals surface area contributed by atoms with Crippen molar-refractivity contribution in [1.29, 1.82) is 0 Å². The van der Waals surface area contributed by atoms with Crippen molar-refractivity contribution in [2.45, 2.75) is 19.3 Å². The second kappa shape index (κ2) is 6.56. The highest BCUT2D eigenvalue weighted by Gasteiger charge is 2.27. The minimum absolute atomic E-state index is 0.116. The molecule has 1 saturated heterocycles. The Balaban J connectivity index is 1.96. The highest BCUT2D eigenvalue weighted by molar-refractivity contribution is 5.91. The summed E-state index contributed by atoms with van der Waals surface area (Å²) in [7, 11) is 1.55. The van der Waals surface area contributed by atoms with Gasteiger partial charge in [0.2, 0.25) is 0 Å². The SMILES string of the molecule is CN(C(=O)N1CCC(CC(=O)O)CC1)c1ccccc1F. The number of likely N-dealkylation sites (tertiary alicyclic amines) is 1. The number of rotatable bonds is 3. The van der Waals surface area contributed by atoms with Crippen LogP contribution in [-0.4, -0.2) is 42.1 Å². The van der Waals surface area contributed by atoms with Crippen LogP contribution in [0.25, 0.3) is 0 Å². The Labute approximate surface area is 123 Å². The molecule has 114 valence electrons. The second-order valence-corrected chi connectivity index (χ2v) is 5.32. The van der Waals surface area contributed by atoms with E-state index in [0.717, 1.165) is 0 Å². The minimum atomic E-state index is -0.803. The van der Waals surface area contributed by atoms with Crippen molar-refractivity contribution < 1.29 is 19.1 Å². The largest absolute Gasteiger partial charge is 0.481 e. The van der Waals surface area contributed by atoms with Crippen LogP contribution in [0.1, 0.15) is 19.3 Å². The molecule has 0 unspecified atom stereocenters. The molecule has 1 aromatic carbocycles. The fourth-order valence-corrected chi connectivity index (χ4v) is 2.61. The Morgan fingerprint density at radius 1 is 1.33 bits per heavy atom. The average molecular weight is 294 g/mol. The van der Waals surface area contributed by atoms with Gasteiger partial charge in [-0.1, -0.05) is 12.1 Å². The number of carbonyl (C=O) groups is 2. The summed E-state index contributed by atoms with van der Waals surface area (Å²) in [6, 6.07) is 5.88. The van der Waals surface area contributed by atoms with E-state index < -0.39 is 11.8 Å². The zero-order valence-electron chi connectivity index (χ0n) is 12.0. The van der Waals surface area contributed by atoms with E-state index in [2.05, 4.69) is 0 Å². The molecule has 1 N–H and O–H groups in total. The third-order valence-corrected chi connectivity index (χ3v) is 3.85. The van der Waals surface area contributed by atoms with Gasteiger partial charge < -0.3 is 10.0 Å². The number of halogens is 1. The number of aliphatic carboxylic acids is 1. The van der Waals surface area contributed by atoms with Crippen molar-refractivity contribution in [3.63, 3.8) is 0 Å². The van der Waals surface area contributed by atoms with Gasteiger partial charge in [0, 0.05) is 26.6 Å². The number of nitrogens with zero attached hydrogens (tertiary/aromatic N) is 2. The quantitative estimate of drug-likeness (QED) is 0.932. The number of amides is 2. The van der Waals surface area contributed by atoms with Gasteiger partial charge in [0.15, 0.2) is 0 Å². The van der Waals surface area contributed by atoms with Gasteiger partial charge in [-0.2, -0.15) is 0 Å². The summed E-state index contributed by atoms with van der Waals surface area (Å²) in [6.45, 7) is 1.02. The number of hydrogen-bond donors (Lipinski definition) is 1. The third kappa shape index (κ3) is 3.71. The Morgan fingerprint density at radius 3 is 2.52 bits per heavy atom. The number of hydrogen-bond acceptors (Lipinski definition) is 2. The molecule has 5 nitrogen and oxygen atoms in total. The van der Waals surface area contributed by atoms with E-state index in [0.29, 0.717) is 25.9 Å². The number of para-hydroxylation sites is 1. The van der Waals surface area contributed by atoms with Gasteiger partial charge in [0.1, 0.15) is 5.82 Å². The van der Waals surface area contributed by atoms with Crippen molar-refractivity contribution >= 4 is 17.7 Å². The standard InChI is InChI=1S/C15H19FN2O3/c1-17(13-5-3-2-4-12(13)16)15(21)18-8-6-11(7-9-18)10-14(19)20/h2-5,11H,6-10H2,1H3,(H,19,20). The van der Waals surface area contributed by atoms with Gasteiger partial charge in [-0.3, -0.25) is 9.69 Å². The summed E-state index contributed by atoms with van der Waals surface area (Å²) < 4.78 is 13.7. The molecule has 1 aliphatic heterocycles. The molecule has 1 aliphatic rings. The molecule has 0 bridgehead atoms. The first kappa shape index (κ1) is 15.3. The molecule has 6 heteroatoms. The molecule has 1 fully saturated rings. The van der Waals surface area contributed by atoms with Crippen molar-refractivity contribution in [3.05, 3.63) is 30.1 Å². The van der Waals surface area contributed by atoms with Crippen molar-refractivity contribution in [1.82, 2.24) is 4.90 Å². The van der Waals surface area contributed by atoms with Gasteiger partial charge in [-0.15, -0.1) is 0 Å². The summed E-state index contributed by atoms with van der Waals surface area (Å²) in [5, 5.41) is 8.78. The molecule has 2 amide bonds. The minimum Gasteiger partial charge on any atom is -0.481 e. The Kier molecular flexibility index (Phi) is 4.77. The summed E-state index contributed by atoms with van der Waals surface area (Å²) in [5.74, 6) is -1.12. The highest BCUT2D eigenvalue weighted by Crippen LogP contribution is 2.23. The molecule has 0 atom stereocenters. The number of carboxylic acids is 1. The van der Waals surface area contributed by atoms with Crippen molar-refractivity contribution in [3.8, 4) is 0 Å². The molecule has 0 aliphatic carbocycles. The first-order valence-electron chi connectivity index (χ1n) is 6.98. The maximum Gasteiger partial charge on any atom is 0.324 e. The second-order valence-electron chi connectivity index (χ2n) is 5.32. The Hall–Kier alpha value is -2.11. The number of urea groups is 1. The van der Waals surface area contributed by atoms with Gasteiger partial charge in [-0.25, -0.2) is 9.18 Å². The average Bonchev–Trinajstić information content (AvgIpc) is 2.46. The normalized spacial score (nSPS) is 15.8. The third-order valence-electron chi connectivity index (χ3n) is 3.85. The Morgan fingerprint density at radius 2 is 1.95 bits per heavy atom. The summed E-state index contributed by atoms with van der Waals surface area (Å²) in [5.41, 5.74) is 0.246. The van der Waals surface area contributed by atoms with Crippen LogP contribution in [0.2, 0.25) is 0 Å². The maximum atomic E-state index is 13.7. The maximum absolute atomic E-state index is 13.7. The lowest BCUT2D eigenvalue weighted by Crippen LogP contribution is -2.45. The fraction of sp³-hybridized carbons (Fsp3) is 0.467. The van der Waals surface area contributed by atoms with Crippen LogP contribution in [0.5, 0.6) is 0 Å². The summed E-state index contributed by atoms with van der Waals surface area (Å²) in [6.07, 6.45) is 1.48. The van der Waals surface area contributed by atoms with Crippen LogP contribution < -0.4 is 4.90 Å². The number of carbonyl (C=O) groups excluding carboxylic acids is 1. The van der Waals surface area contributed by atoms with Crippen LogP contribution in [0.4, 0.5) is 14.9 Å². The van der Waals surface area contributed by atoms with Gasteiger partial charge in [-0.05, 0) is 30.9 Å². The molecule has 21 heavy (non-hydrogen) atoms. The zero-order valence-corrected chi connectivity index (χ0v) is 12.0. The molecular weight excluding hydrogens is 275 g/mol. The van der Waals surface area contributed by atoms with Crippen molar-refractivity contribution in [2.24, 2.45) is 5.92 Å². The lowest BCUT2D eigenvalue weighted by atomic mass is 9.94. The van der Waals surface area contributed by atoms with Crippen LogP contribution in [-0.2, 0) is 4.79 Å². The van der Waals surface area contributed by atoms with E-state index >= 15 is 0 Å². The topological polar surface area (TPSA) is 60.9 Å². The number of anilines is 1. The summed E-state index contributed by atoms with van der Waals surface area (Å²) in [4.78, 5) is 26.0. The van der Waals surface area contributed by atoms with Crippen LogP contribution in [0, 0.1) is 11.7 Å². The lowest BCUT2D eigenvalue weighted by molar-refractivity contribution is -0.138. The first-order valence-corrected chi connectivity index (χ1v) is 6.98. The smallest absolute Gasteiger partial charge is 0.324 e. The molecule has 1 aromatic rings. The van der Waals surface area contributed by atoms with Gasteiger partial charge in [0.05, 0.1) is 5.69 Å². The van der Waals surface area contributed by atoms with E-state index in [-0.39, 0.29) is 24.1 Å². The predicted molar refractivity (Wildman–Crippen MR) is 76.7 cm³/mol. The highest BCUT2D eigenvalue weighted by atomic mass is 19.1. The van der Waals surface area contributed by atoms with E-state index in [1.54, 1.807) is 30.1 Å². The Bertz CT molecular complexity index is 527. The molecule has 1 heterocycles. The van der Waals surface area contributed by atoms with E-state index in [1.165, 1.54) is 11.0 Å². The predicted octanol–water partition coefficient (Wildman–Crippen LogP) is 2.57. The number of benzene rings is 1. The number of carboxylic acid groups (broad SMARTS) is 1. The van der Waals surface area contributed by atoms with Gasteiger partial charge in [0.25, 0.3) is 0 Å². The summed E-state index contributed by atoms with van der Waals surface area (Å²) >= 11 is 0. The van der Waals surface area contributed by atoms with E-state index in [9.17, 15) is 14.0 Å². The van der Waals surface area contributed by atoms with Crippen molar-refractivity contribution in [2.75, 3.05) is 25.0 Å². The monoisotopic (exact) mass is 294 g/mol. The van der Waals surface area contributed by atoms with Crippen LogP contribution >= 0.6 is 0 Å². The molecule has 0 radical (unpaired) electrons. The molecule has 0 aromatic heterocycles. The molecule has 0 spiro atoms. The van der Waals surface area contributed by atoms with E-state index in [1.807, 2.05) is 0 Å². The number of piperidine rings is 1.